The van der Waals surface area contributed by atoms with Crippen LogP contribution in [0, 0.1) is 18.8 Å². The number of phosphoric ester groups is 1. The zero-order valence-electron chi connectivity index (χ0n) is 33.6. The van der Waals surface area contributed by atoms with E-state index in [1.807, 2.05) is 112 Å². The van der Waals surface area contributed by atoms with E-state index in [0.717, 1.165) is 42.5 Å². The predicted molar refractivity (Wildman–Crippen MR) is 223 cm³/mol. The molecule has 4 aromatic rings. The Bertz CT molecular complexity index is 1910. The lowest BCUT2D eigenvalue weighted by Crippen LogP contribution is -2.60. The maximum Gasteiger partial charge on any atom is 0.530 e. The van der Waals surface area contributed by atoms with Crippen molar-refractivity contribution < 1.29 is 32.8 Å². The van der Waals surface area contributed by atoms with Crippen molar-refractivity contribution in [2.24, 2.45) is 11.8 Å². The molecule has 304 valence electrons. The maximum absolute atomic E-state index is 14.2. The van der Waals surface area contributed by atoms with Gasteiger partial charge in [0, 0.05) is 29.8 Å². The number of nitrogens with zero attached hydrogens (tertiary/aromatic N) is 1. The summed E-state index contributed by atoms with van der Waals surface area (Å²) in [5, 5.41) is 18.4. The number of piperidine rings is 1. The highest BCUT2D eigenvalue weighted by Crippen LogP contribution is 2.52. The minimum atomic E-state index is -4.21. The Morgan fingerprint density at radius 1 is 0.807 bits per heavy atom. The van der Waals surface area contributed by atoms with Gasteiger partial charge < -0.3 is 20.3 Å². The molecule has 5 atom stereocenters. The average Bonchev–Trinajstić information content (AvgIpc) is 3.20. The number of hydrogen-bond acceptors (Lipinski definition) is 8. The highest BCUT2D eigenvalue weighted by atomic mass is 31.2. The molecule has 0 radical (unpaired) electrons. The molecule has 1 saturated heterocycles. The van der Waals surface area contributed by atoms with Gasteiger partial charge in [-0.3, -0.25) is 23.5 Å². The Labute approximate surface area is 337 Å². The molecule has 1 saturated carbocycles. The van der Waals surface area contributed by atoms with Crippen molar-refractivity contribution in [3.63, 3.8) is 0 Å². The van der Waals surface area contributed by atoms with Gasteiger partial charge in [0.1, 0.15) is 5.75 Å². The van der Waals surface area contributed by atoms with E-state index < -0.39 is 25.9 Å². The Morgan fingerprint density at radius 3 is 1.95 bits per heavy atom. The molecule has 1 aliphatic carbocycles. The first-order chi connectivity index (χ1) is 27.4. The molecule has 2 aliphatic rings. The number of likely N-dealkylation sites (tertiary alicyclic amines) is 1. The molecule has 2 amide bonds. The number of benzene rings is 4. The third kappa shape index (κ3) is 12.1. The van der Waals surface area contributed by atoms with E-state index in [2.05, 4.69) is 15.5 Å². The zero-order chi connectivity index (χ0) is 40.4. The summed E-state index contributed by atoms with van der Waals surface area (Å²) in [6, 6.07) is 32.3. The standard InChI is InChI=1S/C46H58N3O7P/c1-33-39(25-16-26-43(33)56-57(53,54-31-35-19-10-6-11-20-35)55-32-36-21-12-7-13-22-36)44(51)47-40(27-34-17-8-5-9-18-34)42(50)30-49-29-38-24-15-14-23-37(38)28-41(49)45(52)48-46(2,3)4/h5-13,16-22,25-26,37-38,40-42,50H,14-15,23-24,27-32H2,1-4H3,(H,47,51)(H,48,52)/t37-,38+,40-,41-,42+/m0/s1. The number of fused-ring (bicyclic) bond motifs is 1. The minimum absolute atomic E-state index is 0.0116. The third-order valence-electron chi connectivity index (χ3n) is 11.0. The van der Waals surface area contributed by atoms with E-state index in [1.165, 1.54) is 12.8 Å². The van der Waals surface area contributed by atoms with Crippen LogP contribution < -0.4 is 15.2 Å². The lowest BCUT2D eigenvalue weighted by molar-refractivity contribution is -0.132. The summed E-state index contributed by atoms with van der Waals surface area (Å²) in [5.74, 6) is 0.698. The van der Waals surface area contributed by atoms with E-state index in [0.29, 0.717) is 29.4 Å². The largest absolute Gasteiger partial charge is 0.530 e. The Morgan fingerprint density at radius 2 is 1.37 bits per heavy atom. The van der Waals surface area contributed by atoms with Crippen molar-refractivity contribution in [3.8, 4) is 5.75 Å². The van der Waals surface area contributed by atoms with Crippen LogP contribution in [0.1, 0.15) is 85.5 Å². The number of phosphoric acid groups is 1. The summed E-state index contributed by atoms with van der Waals surface area (Å²) in [6.45, 7) is 8.61. The minimum Gasteiger partial charge on any atom is -0.404 e. The van der Waals surface area contributed by atoms with Gasteiger partial charge in [-0.15, -0.1) is 0 Å². The number of carbonyl (C=O) groups excluding carboxylic acids is 2. The van der Waals surface area contributed by atoms with Gasteiger partial charge in [0.05, 0.1) is 31.4 Å². The van der Waals surface area contributed by atoms with Gasteiger partial charge in [-0.2, -0.15) is 0 Å². The average molecular weight is 796 g/mol. The lowest BCUT2D eigenvalue weighted by atomic mass is 9.72. The van der Waals surface area contributed by atoms with Gasteiger partial charge in [-0.25, -0.2) is 4.57 Å². The normalized spacial score (nSPS) is 19.8. The molecule has 3 N–H and O–H groups in total. The summed E-state index contributed by atoms with van der Waals surface area (Å²) >= 11 is 0. The van der Waals surface area contributed by atoms with E-state index in [-0.39, 0.29) is 43.0 Å². The topological polar surface area (TPSA) is 126 Å². The van der Waals surface area contributed by atoms with Crippen LogP contribution >= 0.6 is 7.82 Å². The Hall–Kier alpha value is -4.31. The molecule has 1 heterocycles. The molecule has 4 aromatic carbocycles. The fraction of sp³-hybridized carbons (Fsp3) is 0.435. The Balaban J connectivity index is 1.22. The predicted octanol–water partition coefficient (Wildman–Crippen LogP) is 8.41. The molecule has 0 unspecified atom stereocenters. The molecular formula is C46H58N3O7P. The van der Waals surface area contributed by atoms with Crippen LogP contribution in [0.5, 0.6) is 5.75 Å². The molecule has 0 bridgehead atoms. The Kier molecular flexibility index (Phi) is 14.4. The summed E-state index contributed by atoms with van der Waals surface area (Å²) < 4.78 is 32.0. The second kappa shape index (κ2) is 19.4. The van der Waals surface area contributed by atoms with E-state index in [9.17, 15) is 19.3 Å². The second-order valence-corrected chi connectivity index (χ2v) is 18.2. The monoisotopic (exact) mass is 795 g/mol. The highest BCUT2D eigenvalue weighted by Gasteiger charge is 2.42. The van der Waals surface area contributed by atoms with Gasteiger partial charge in [0.25, 0.3) is 5.91 Å². The number of carbonyl (C=O) groups is 2. The number of β-amino-alcohol motifs (C(OH)–C–C–N with tert-alkyl or cyclic N) is 1. The van der Waals surface area contributed by atoms with E-state index in [4.69, 9.17) is 13.6 Å². The van der Waals surface area contributed by atoms with Crippen molar-refractivity contribution in [1.82, 2.24) is 15.5 Å². The number of nitrogens with one attached hydrogen (secondary N) is 2. The second-order valence-electron chi connectivity index (χ2n) is 16.6. The molecule has 0 aromatic heterocycles. The lowest BCUT2D eigenvalue weighted by Gasteiger charge is -2.47. The highest BCUT2D eigenvalue weighted by molar-refractivity contribution is 7.48. The van der Waals surface area contributed by atoms with Crippen LogP contribution in [0.4, 0.5) is 0 Å². The van der Waals surface area contributed by atoms with Crippen LogP contribution in [-0.2, 0) is 38.0 Å². The van der Waals surface area contributed by atoms with E-state index in [1.54, 1.807) is 25.1 Å². The summed E-state index contributed by atoms with van der Waals surface area (Å²) in [7, 11) is -4.21. The van der Waals surface area contributed by atoms with Crippen molar-refractivity contribution in [2.75, 3.05) is 13.1 Å². The SMILES string of the molecule is Cc1c(OP(=O)(OCc2ccccc2)OCc2ccccc2)cccc1C(=O)N[C@@H](Cc1ccccc1)[C@H](O)CN1C[C@H]2CCCC[C@H]2C[C@H]1C(=O)NC(C)(C)C. The summed E-state index contributed by atoms with van der Waals surface area (Å²) in [5.41, 5.74) is 2.88. The van der Waals surface area contributed by atoms with Gasteiger partial charge in [-0.05, 0) is 87.6 Å². The molecule has 2 fully saturated rings. The van der Waals surface area contributed by atoms with Crippen molar-refractivity contribution in [2.45, 2.75) is 103 Å². The van der Waals surface area contributed by atoms with Crippen molar-refractivity contribution in [1.29, 1.82) is 0 Å². The van der Waals surface area contributed by atoms with Crippen LogP contribution in [0.2, 0.25) is 0 Å². The quantitative estimate of drug-likeness (QED) is 0.0966. The van der Waals surface area contributed by atoms with Crippen LogP contribution in [0.25, 0.3) is 0 Å². The first-order valence-corrected chi connectivity index (χ1v) is 21.7. The molecule has 6 rings (SSSR count). The molecule has 57 heavy (non-hydrogen) atoms. The first-order valence-electron chi connectivity index (χ1n) is 20.2. The summed E-state index contributed by atoms with van der Waals surface area (Å²) in [4.78, 5) is 30.1. The summed E-state index contributed by atoms with van der Waals surface area (Å²) in [6.07, 6.45) is 4.76. The number of rotatable bonds is 16. The smallest absolute Gasteiger partial charge is 0.404 e. The van der Waals surface area contributed by atoms with Crippen LogP contribution in [0.3, 0.4) is 0 Å². The maximum atomic E-state index is 14.2. The fourth-order valence-electron chi connectivity index (χ4n) is 8.02. The third-order valence-corrected chi connectivity index (χ3v) is 12.3. The first kappa shape index (κ1) is 42.3. The van der Waals surface area contributed by atoms with Gasteiger partial charge in [-0.1, -0.05) is 116 Å². The number of aliphatic hydroxyl groups excluding tert-OH is 1. The van der Waals surface area contributed by atoms with Crippen molar-refractivity contribution >= 4 is 19.6 Å². The molecule has 0 spiro atoms. The molecule has 10 nitrogen and oxygen atoms in total. The van der Waals surface area contributed by atoms with Gasteiger partial charge in [0.2, 0.25) is 5.91 Å². The van der Waals surface area contributed by atoms with Crippen LogP contribution in [0.15, 0.2) is 109 Å². The fourth-order valence-corrected chi connectivity index (χ4v) is 9.25. The molecule has 1 aliphatic heterocycles. The molecular weight excluding hydrogens is 737 g/mol. The van der Waals surface area contributed by atoms with Crippen molar-refractivity contribution in [3.05, 3.63) is 137 Å². The number of hydrogen-bond donors (Lipinski definition) is 3. The molecule has 11 heteroatoms. The van der Waals surface area contributed by atoms with E-state index >= 15 is 0 Å². The van der Waals surface area contributed by atoms with Gasteiger partial charge >= 0.3 is 7.82 Å². The number of aliphatic hydroxyl groups is 1. The van der Waals surface area contributed by atoms with Gasteiger partial charge in [0.15, 0.2) is 0 Å². The zero-order valence-corrected chi connectivity index (χ0v) is 34.5. The van der Waals surface area contributed by atoms with Crippen LogP contribution in [-0.4, -0.2) is 58.6 Å². The number of amides is 2.